The number of aromatic nitrogens is 1. The van der Waals surface area contributed by atoms with E-state index < -0.39 is 5.97 Å². The Morgan fingerprint density at radius 3 is 2.76 bits per heavy atom. The second-order valence-corrected chi connectivity index (χ2v) is 5.12. The van der Waals surface area contributed by atoms with E-state index in [4.69, 9.17) is 16.3 Å². The van der Waals surface area contributed by atoms with Crippen molar-refractivity contribution in [2.75, 3.05) is 0 Å². The highest BCUT2D eigenvalue weighted by atomic mass is 35.5. The predicted molar refractivity (Wildman–Crippen MR) is 82.9 cm³/mol. The summed E-state index contributed by atoms with van der Waals surface area (Å²) in [5.41, 5.74) is 1.97. The van der Waals surface area contributed by atoms with E-state index in [1.54, 1.807) is 18.2 Å². The van der Waals surface area contributed by atoms with Gasteiger partial charge in [0.05, 0.1) is 10.5 Å². The standard InChI is InChI=1S/C17H12ClNO2/c1-11-6-8-13(18)16(10-11)21-17(20)15-9-7-12-4-2-3-5-14(12)19-15/h2-10H,1H3. The Morgan fingerprint density at radius 2 is 1.90 bits per heavy atom. The topological polar surface area (TPSA) is 39.2 Å². The van der Waals surface area contributed by atoms with E-state index in [0.29, 0.717) is 10.8 Å². The van der Waals surface area contributed by atoms with Crippen molar-refractivity contribution in [2.24, 2.45) is 0 Å². The third-order valence-electron chi connectivity index (χ3n) is 3.10. The van der Waals surface area contributed by atoms with Crippen LogP contribution in [0.15, 0.2) is 54.6 Å². The van der Waals surface area contributed by atoms with E-state index in [2.05, 4.69) is 4.98 Å². The van der Waals surface area contributed by atoms with E-state index in [-0.39, 0.29) is 5.69 Å². The lowest BCUT2D eigenvalue weighted by molar-refractivity contribution is 0.0729. The molecule has 104 valence electrons. The molecule has 0 saturated carbocycles. The van der Waals surface area contributed by atoms with E-state index >= 15 is 0 Å². The number of hydrogen-bond acceptors (Lipinski definition) is 3. The molecule has 0 aliphatic rings. The largest absolute Gasteiger partial charge is 0.420 e. The van der Waals surface area contributed by atoms with Crippen molar-refractivity contribution in [3.05, 3.63) is 70.9 Å². The summed E-state index contributed by atoms with van der Waals surface area (Å²) in [7, 11) is 0. The normalized spacial score (nSPS) is 10.6. The molecule has 0 radical (unpaired) electrons. The fraction of sp³-hybridized carbons (Fsp3) is 0.0588. The Bertz CT molecular complexity index is 830. The number of para-hydroxylation sites is 1. The molecule has 1 aromatic heterocycles. The molecule has 0 amide bonds. The maximum Gasteiger partial charge on any atom is 0.362 e. The lowest BCUT2D eigenvalue weighted by Crippen LogP contribution is -2.10. The number of carbonyl (C=O) groups is 1. The van der Waals surface area contributed by atoms with Gasteiger partial charge in [-0.1, -0.05) is 41.9 Å². The number of fused-ring (bicyclic) bond motifs is 1. The number of ether oxygens (including phenoxy) is 1. The van der Waals surface area contributed by atoms with Crippen molar-refractivity contribution in [2.45, 2.75) is 6.92 Å². The van der Waals surface area contributed by atoms with Gasteiger partial charge in [-0.05, 0) is 36.8 Å². The molecule has 0 unspecified atom stereocenters. The minimum Gasteiger partial charge on any atom is -0.420 e. The number of nitrogens with zero attached hydrogens (tertiary/aromatic N) is 1. The number of hydrogen-bond donors (Lipinski definition) is 0. The molecule has 0 aliphatic heterocycles. The summed E-state index contributed by atoms with van der Waals surface area (Å²) >= 11 is 6.03. The third-order valence-corrected chi connectivity index (χ3v) is 3.41. The van der Waals surface area contributed by atoms with Crippen molar-refractivity contribution >= 4 is 28.5 Å². The SMILES string of the molecule is Cc1ccc(Cl)c(OC(=O)c2ccc3ccccc3n2)c1. The minimum absolute atomic E-state index is 0.256. The zero-order valence-electron chi connectivity index (χ0n) is 11.3. The molecule has 0 spiro atoms. The zero-order valence-corrected chi connectivity index (χ0v) is 12.1. The van der Waals surface area contributed by atoms with Crippen LogP contribution in [0.5, 0.6) is 5.75 Å². The molecule has 4 heteroatoms. The summed E-state index contributed by atoms with van der Waals surface area (Å²) in [6, 6.07) is 16.4. The van der Waals surface area contributed by atoms with E-state index in [9.17, 15) is 4.79 Å². The molecule has 1 heterocycles. The Hall–Kier alpha value is -2.39. The van der Waals surface area contributed by atoms with Gasteiger partial charge in [0.25, 0.3) is 0 Å². The van der Waals surface area contributed by atoms with Gasteiger partial charge >= 0.3 is 5.97 Å². The van der Waals surface area contributed by atoms with Crippen LogP contribution in [0.2, 0.25) is 5.02 Å². The van der Waals surface area contributed by atoms with Gasteiger partial charge < -0.3 is 4.74 Å². The first kappa shape index (κ1) is 13.6. The Balaban J connectivity index is 1.91. The van der Waals surface area contributed by atoms with Crippen molar-refractivity contribution in [1.29, 1.82) is 0 Å². The number of aryl methyl sites for hydroxylation is 1. The van der Waals surface area contributed by atoms with E-state index in [1.165, 1.54) is 0 Å². The summed E-state index contributed by atoms with van der Waals surface area (Å²) in [6.45, 7) is 1.90. The average Bonchev–Trinajstić information content (AvgIpc) is 2.50. The number of carbonyl (C=O) groups excluding carboxylic acids is 1. The number of rotatable bonds is 2. The second kappa shape index (κ2) is 5.54. The molecule has 0 N–H and O–H groups in total. The molecule has 2 aromatic carbocycles. The van der Waals surface area contributed by atoms with Crippen LogP contribution >= 0.6 is 11.6 Å². The average molecular weight is 298 g/mol. The van der Waals surface area contributed by atoms with Gasteiger partial charge in [-0.2, -0.15) is 0 Å². The van der Waals surface area contributed by atoms with Gasteiger partial charge in [0, 0.05) is 5.39 Å². The van der Waals surface area contributed by atoms with Crippen molar-refractivity contribution < 1.29 is 9.53 Å². The van der Waals surface area contributed by atoms with Crippen LogP contribution in [0.4, 0.5) is 0 Å². The first-order valence-electron chi connectivity index (χ1n) is 6.47. The van der Waals surface area contributed by atoms with Crippen LogP contribution < -0.4 is 4.74 Å². The first-order chi connectivity index (χ1) is 10.1. The lowest BCUT2D eigenvalue weighted by Gasteiger charge is -2.07. The summed E-state index contributed by atoms with van der Waals surface area (Å²) in [5, 5.41) is 1.37. The third kappa shape index (κ3) is 2.88. The van der Waals surface area contributed by atoms with Gasteiger partial charge in [0.2, 0.25) is 0 Å². The smallest absolute Gasteiger partial charge is 0.362 e. The molecule has 3 rings (SSSR count). The summed E-state index contributed by atoms with van der Waals surface area (Å²) in [6.07, 6.45) is 0. The van der Waals surface area contributed by atoms with Crippen LogP contribution in [0.25, 0.3) is 10.9 Å². The zero-order chi connectivity index (χ0) is 14.8. The van der Waals surface area contributed by atoms with E-state index in [1.807, 2.05) is 43.3 Å². The van der Waals surface area contributed by atoms with Crippen LogP contribution in [-0.2, 0) is 0 Å². The Morgan fingerprint density at radius 1 is 1.10 bits per heavy atom. The van der Waals surface area contributed by atoms with Gasteiger partial charge in [-0.15, -0.1) is 0 Å². The molecule has 0 aliphatic carbocycles. The summed E-state index contributed by atoms with van der Waals surface area (Å²) < 4.78 is 5.33. The minimum atomic E-state index is -0.520. The van der Waals surface area contributed by atoms with Gasteiger partial charge in [0.15, 0.2) is 0 Å². The molecule has 3 aromatic rings. The quantitative estimate of drug-likeness (QED) is 0.519. The highest BCUT2D eigenvalue weighted by Crippen LogP contribution is 2.26. The highest BCUT2D eigenvalue weighted by molar-refractivity contribution is 6.32. The lowest BCUT2D eigenvalue weighted by atomic mass is 10.2. The number of esters is 1. The highest BCUT2D eigenvalue weighted by Gasteiger charge is 2.13. The molecular weight excluding hydrogens is 286 g/mol. The molecule has 0 fully saturated rings. The predicted octanol–water partition coefficient (Wildman–Crippen LogP) is 4.42. The van der Waals surface area contributed by atoms with Gasteiger partial charge in [-0.3, -0.25) is 0 Å². The number of pyridine rings is 1. The molecule has 0 saturated heterocycles. The Kier molecular flexibility index (Phi) is 3.59. The van der Waals surface area contributed by atoms with Gasteiger partial charge in [0.1, 0.15) is 11.4 Å². The molecule has 3 nitrogen and oxygen atoms in total. The number of halogens is 1. The van der Waals surface area contributed by atoms with Crippen molar-refractivity contribution in [3.63, 3.8) is 0 Å². The van der Waals surface area contributed by atoms with E-state index in [0.717, 1.165) is 16.5 Å². The van der Waals surface area contributed by atoms with Gasteiger partial charge in [-0.25, -0.2) is 9.78 Å². The molecule has 21 heavy (non-hydrogen) atoms. The molecular formula is C17H12ClNO2. The van der Waals surface area contributed by atoms with Crippen LogP contribution in [0.1, 0.15) is 16.1 Å². The van der Waals surface area contributed by atoms with Crippen LogP contribution in [0.3, 0.4) is 0 Å². The Labute approximate surface area is 127 Å². The molecule has 0 bridgehead atoms. The fourth-order valence-corrected chi connectivity index (χ4v) is 2.18. The summed E-state index contributed by atoms with van der Waals surface area (Å²) in [5.74, 6) is -0.176. The molecule has 0 atom stereocenters. The maximum absolute atomic E-state index is 12.2. The first-order valence-corrected chi connectivity index (χ1v) is 6.85. The van der Waals surface area contributed by atoms with Crippen molar-refractivity contribution in [3.8, 4) is 5.75 Å². The summed E-state index contributed by atoms with van der Waals surface area (Å²) in [4.78, 5) is 16.5. The van der Waals surface area contributed by atoms with Crippen molar-refractivity contribution in [1.82, 2.24) is 4.98 Å². The number of benzene rings is 2. The van der Waals surface area contributed by atoms with Crippen LogP contribution in [0, 0.1) is 6.92 Å². The monoisotopic (exact) mass is 297 g/mol. The second-order valence-electron chi connectivity index (χ2n) is 4.71. The van der Waals surface area contributed by atoms with Crippen LogP contribution in [-0.4, -0.2) is 11.0 Å². The maximum atomic E-state index is 12.2. The fourth-order valence-electron chi connectivity index (χ4n) is 2.02.